The van der Waals surface area contributed by atoms with E-state index in [0.29, 0.717) is 12.2 Å². The standard InChI is InChI=1S/C15H22ClN3O/c1-2-5-19-15(20)14(16)13(9-18-19)17-8-12-7-10-3-4-11(12)6-10/h9-12,17H,2-8H2,1H3. The van der Waals surface area contributed by atoms with Gasteiger partial charge in [0.25, 0.3) is 5.56 Å². The lowest BCUT2D eigenvalue weighted by molar-refractivity contribution is 0.348. The van der Waals surface area contributed by atoms with Crippen molar-refractivity contribution in [1.82, 2.24) is 9.78 Å². The van der Waals surface area contributed by atoms with E-state index in [-0.39, 0.29) is 10.6 Å². The van der Waals surface area contributed by atoms with Crippen LogP contribution in [0, 0.1) is 17.8 Å². The molecule has 0 spiro atoms. The molecule has 110 valence electrons. The first-order valence-corrected chi connectivity index (χ1v) is 8.06. The van der Waals surface area contributed by atoms with Gasteiger partial charge >= 0.3 is 0 Å². The Morgan fingerprint density at radius 1 is 1.45 bits per heavy atom. The third-order valence-corrected chi connectivity index (χ3v) is 5.22. The van der Waals surface area contributed by atoms with Crippen LogP contribution in [-0.4, -0.2) is 16.3 Å². The van der Waals surface area contributed by atoms with Crippen molar-refractivity contribution in [2.24, 2.45) is 17.8 Å². The van der Waals surface area contributed by atoms with Gasteiger partial charge in [-0.15, -0.1) is 0 Å². The molecule has 3 atom stereocenters. The Morgan fingerprint density at radius 3 is 2.95 bits per heavy atom. The van der Waals surface area contributed by atoms with Crippen molar-refractivity contribution in [1.29, 1.82) is 0 Å². The third kappa shape index (κ3) is 2.58. The fraction of sp³-hybridized carbons (Fsp3) is 0.733. The van der Waals surface area contributed by atoms with Crippen LogP contribution in [0.4, 0.5) is 5.69 Å². The lowest BCUT2D eigenvalue weighted by atomic mass is 9.89. The van der Waals surface area contributed by atoms with Crippen LogP contribution in [0.3, 0.4) is 0 Å². The molecule has 0 radical (unpaired) electrons. The number of halogens is 1. The molecule has 1 aromatic rings. The quantitative estimate of drug-likeness (QED) is 0.908. The van der Waals surface area contributed by atoms with E-state index in [1.807, 2.05) is 6.92 Å². The highest BCUT2D eigenvalue weighted by molar-refractivity contribution is 6.32. The Labute approximate surface area is 124 Å². The number of hydrogen-bond acceptors (Lipinski definition) is 3. The number of rotatable bonds is 5. The predicted molar refractivity (Wildman–Crippen MR) is 81.2 cm³/mol. The number of fused-ring (bicyclic) bond motifs is 2. The molecule has 2 fully saturated rings. The minimum atomic E-state index is -0.188. The molecule has 0 saturated heterocycles. The van der Waals surface area contributed by atoms with Crippen molar-refractivity contribution in [3.05, 3.63) is 21.6 Å². The zero-order valence-electron chi connectivity index (χ0n) is 11.9. The fourth-order valence-electron chi connectivity index (χ4n) is 3.83. The summed E-state index contributed by atoms with van der Waals surface area (Å²) in [6, 6.07) is 0. The van der Waals surface area contributed by atoms with E-state index in [1.165, 1.54) is 30.4 Å². The molecule has 0 aromatic carbocycles. The van der Waals surface area contributed by atoms with Gasteiger partial charge < -0.3 is 5.32 Å². The summed E-state index contributed by atoms with van der Waals surface area (Å²) in [5, 5.41) is 7.80. The maximum atomic E-state index is 12.0. The minimum Gasteiger partial charge on any atom is -0.382 e. The number of aromatic nitrogens is 2. The van der Waals surface area contributed by atoms with Crippen molar-refractivity contribution in [3.8, 4) is 0 Å². The summed E-state index contributed by atoms with van der Waals surface area (Å²) in [5.41, 5.74) is 0.498. The maximum absolute atomic E-state index is 12.0. The number of nitrogens with zero attached hydrogens (tertiary/aromatic N) is 2. The van der Waals surface area contributed by atoms with E-state index in [9.17, 15) is 4.79 Å². The SMILES string of the molecule is CCCn1ncc(NCC2CC3CCC2C3)c(Cl)c1=O. The van der Waals surface area contributed by atoms with Crippen LogP contribution in [0.5, 0.6) is 0 Å². The number of anilines is 1. The molecule has 3 unspecified atom stereocenters. The summed E-state index contributed by atoms with van der Waals surface area (Å²) in [4.78, 5) is 12.0. The number of hydrogen-bond donors (Lipinski definition) is 1. The summed E-state index contributed by atoms with van der Waals surface area (Å²) >= 11 is 6.16. The second-order valence-corrected chi connectivity index (χ2v) is 6.59. The van der Waals surface area contributed by atoms with Crippen LogP contribution in [0.25, 0.3) is 0 Å². The molecule has 1 aromatic heterocycles. The van der Waals surface area contributed by atoms with Gasteiger partial charge in [-0.1, -0.05) is 24.9 Å². The monoisotopic (exact) mass is 295 g/mol. The molecule has 2 bridgehead atoms. The Bertz CT molecular complexity index is 542. The van der Waals surface area contributed by atoms with Crippen LogP contribution in [-0.2, 0) is 6.54 Å². The van der Waals surface area contributed by atoms with Crippen LogP contribution >= 0.6 is 11.6 Å². The molecule has 0 aliphatic heterocycles. The second-order valence-electron chi connectivity index (χ2n) is 6.22. The highest BCUT2D eigenvalue weighted by Gasteiger charge is 2.39. The lowest BCUT2D eigenvalue weighted by Gasteiger charge is -2.22. The van der Waals surface area contributed by atoms with Gasteiger partial charge in [-0.05, 0) is 43.4 Å². The third-order valence-electron chi connectivity index (χ3n) is 4.86. The van der Waals surface area contributed by atoms with Crippen molar-refractivity contribution in [2.75, 3.05) is 11.9 Å². The topological polar surface area (TPSA) is 46.9 Å². The van der Waals surface area contributed by atoms with Gasteiger partial charge in [-0.2, -0.15) is 5.10 Å². The molecule has 5 heteroatoms. The number of nitrogens with one attached hydrogen (secondary N) is 1. The zero-order chi connectivity index (χ0) is 14.1. The van der Waals surface area contributed by atoms with E-state index < -0.39 is 0 Å². The zero-order valence-corrected chi connectivity index (χ0v) is 12.7. The van der Waals surface area contributed by atoms with Crippen LogP contribution in [0.1, 0.15) is 39.0 Å². The van der Waals surface area contributed by atoms with E-state index in [2.05, 4.69) is 10.4 Å². The van der Waals surface area contributed by atoms with Gasteiger partial charge in [0.2, 0.25) is 0 Å². The predicted octanol–water partition coefficient (Wildman–Crippen LogP) is 3.15. The molecule has 2 aliphatic rings. The Balaban J connectivity index is 1.66. The first-order valence-electron chi connectivity index (χ1n) is 7.68. The normalized spacial score (nSPS) is 28.0. The van der Waals surface area contributed by atoms with Crippen LogP contribution in [0.2, 0.25) is 5.02 Å². The number of aryl methyl sites for hydroxylation is 1. The van der Waals surface area contributed by atoms with Gasteiger partial charge in [0.15, 0.2) is 0 Å². The first kappa shape index (κ1) is 13.9. The molecule has 2 saturated carbocycles. The van der Waals surface area contributed by atoms with Crippen molar-refractivity contribution in [3.63, 3.8) is 0 Å². The molecular weight excluding hydrogens is 274 g/mol. The van der Waals surface area contributed by atoms with Gasteiger partial charge in [-0.3, -0.25) is 4.79 Å². The Morgan fingerprint density at radius 2 is 2.30 bits per heavy atom. The van der Waals surface area contributed by atoms with E-state index in [1.54, 1.807) is 6.20 Å². The van der Waals surface area contributed by atoms with E-state index >= 15 is 0 Å². The summed E-state index contributed by atoms with van der Waals surface area (Å²) in [5.74, 6) is 2.56. The Hall–Kier alpha value is -1.03. The average Bonchev–Trinajstić information content (AvgIpc) is 3.06. The molecule has 3 rings (SSSR count). The highest BCUT2D eigenvalue weighted by Crippen LogP contribution is 2.48. The van der Waals surface area contributed by atoms with Crippen molar-refractivity contribution >= 4 is 17.3 Å². The highest BCUT2D eigenvalue weighted by atomic mass is 35.5. The van der Waals surface area contributed by atoms with Gasteiger partial charge in [0, 0.05) is 13.1 Å². The van der Waals surface area contributed by atoms with Gasteiger partial charge in [0.05, 0.1) is 11.9 Å². The van der Waals surface area contributed by atoms with Crippen LogP contribution < -0.4 is 10.9 Å². The van der Waals surface area contributed by atoms with Crippen molar-refractivity contribution < 1.29 is 0 Å². The maximum Gasteiger partial charge on any atom is 0.287 e. The first-order chi connectivity index (χ1) is 9.69. The molecule has 1 N–H and O–H groups in total. The Kier molecular flexibility index (Phi) is 4.01. The summed E-state index contributed by atoms with van der Waals surface area (Å²) < 4.78 is 1.44. The average molecular weight is 296 g/mol. The summed E-state index contributed by atoms with van der Waals surface area (Å²) in [6.45, 7) is 3.55. The smallest absolute Gasteiger partial charge is 0.287 e. The minimum absolute atomic E-state index is 0.188. The van der Waals surface area contributed by atoms with Crippen molar-refractivity contribution in [2.45, 2.75) is 45.6 Å². The molecule has 0 amide bonds. The second kappa shape index (κ2) is 5.76. The molecule has 1 heterocycles. The largest absolute Gasteiger partial charge is 0.382 e. The van der Waals surface area contributed by atoms with E-state index in [4.69, 9.17) is 11.6 Å². The fourth-order valence-corrected chi connectivity index (χ4v) is 4.04. The summed E-state index contributed by atoms with van der Waals surface area (Å²) in [7, 11) is 0. The van der Waals surface area contributed by atoms with Gasteiger partial charge in [0.1, 0.15) is 5.02 Å². The molecular formula is C15H22ClN3O. The molecule has 2 aliphatic carbocycles. The molecule has 4 nitrogen and oxygen atoms in total. The van der Waals surface area contributed by atoms with E-state index in [0.717, 1.165) is 30.7 Å². The molecule has 20 heavy (non-hydrogen) atoms. The summed E-state index contributed by atoms with van der Waals surface area (Å²) in [6.07, 6.45) is 8.08. The van der Waals surface area contributed by atoms with Crippen LogP contribution in [0.15, 0.2) is 11.0 Å². The lowest BCUT2D eigenvalue weighted by Crippen LogP contribution is -2.26. The van der Waals surface area contributed by atoms with Gasteiger partial charge in [-0.25, -0.2) is 4.68 Å².